The molecular formula is C13H29N5O4. The fourth-order valence-corrected chi connectivity index (χ4v) is 0.528. The molecule has 0 aliphatic carbocycles. The first-order valence-electron chi connectivity index (χ1n) is 5.63. The van der Waals surface area contributed by atoms with Crippen LogP contribution in [0.2, 0.25) is 0 Å². The number of hydrogen-bond donors (Lipinski definition) is 3. The highest BCUT2D eigenvalue weighted by Gasteiger charge is 1.95. The van der Waals surface area contributed by atoms with Gasteiger partial charge in [0.15, 0.2) is 6.61 Å². The summed E-state index contributed by atoms with van der Waals surface area (Å²) in [5, 5.41) is 18.0. The zero-order chi connectivity index (χ0) is 16.2. The van der Waals surface area contributed by atoms with Crippen molar-refractivity contribution in [3.63, 3.8) is 0 Å². The van der Waals surface area contributed by atoms with E-state index in [0.29, 0.717) is 13.2 Å². The van der Waals surface area contributed by atoms with Crippen molar-refractivity contribution in [3.05, 3.63) is 0 Å². The lowest BCUT2D eigenvalue weighted by molar-refractivity contribution is -0.142. The molecule has 0 amide bonds. The zero-order valence-electron chi connectivity index (χ0n) is 11.7. The Labute approximate surface area is 133 Å². The monoisotopic (exact) mass is 319 g/mol. The summed E-state index contributed by atoms with van der Waals surface area (Å²) in [6.45, 7) is 2.29. The predicted molar refractivity (Wildman–Crippen MR) is 84.3 cm³/mol. The second-order valence-corrected chi connectivity index (χ2v) is 2.72. The van der Waals surface area contributed by atoms with Crippen molar-refractivity contribution in [1.29, 1.82) is 10.5 Å². The lowest BCUT2D eigenvalue weighted by Crippen LogP contribution is -2.20. The van der Waals surface area contributed by atoms with Gasteiger partial charge in [-0.25, -0.2) is 0 Å². The van der Waals surface area contributed by atoms with Gasteiger partial charge in [-0.05, 0) is 14.0 Å². The molecule has 0 aliphatic heterocycles. The minimum absolute atomic E-state index is 0. The molecule has 0 saturated heterocycles. The number of ether oxygens (including phenoxy) is 2. The normalized spacial score (nSPS) is 6.82. The molecule has 0 fully saturated rings. The number of carbonyl (C=O) groups is 2. The third-order valence-electron chi connectivity index (χ3n) is 1.18. The summed E-state index contributed by atoms with van der Waals surface area (Å²) in [6.07, 6.45) is 0. The van der Waals surface area contributed by atoms with Crippen molar-refractivity contribution in [2.45, 2.75) is 21.8 Å². The molecule has 0 atom stereocenters. The van der Waals surface area contributed by atoms with Crippen LogP contribution < -0.4 is 16.8 Å². The number of carbonyl (C=O) groups excluding carboxylic acids is 2. The molecule has 22 heavy (non-hydrogen) atoms. The highest BCUT2D eigenvalue weighted by molar-refractivity contribution is 5.71. The van der Waals surface area contributed by atoms with Crippen LogP contribution in [0.25, 0.3) is 0 Å². The Morgan fingerprint density at radius 3 is 1.86 bits per heavy atom. The molecule has 0 aliphatic rings. The number of nitrogens with two attached hydrogens (primary N) is 2. The van der Waals surface area contributed by atoms with Crippen LogP contribution in [0.5, 0.6) is 0 Å². The summed E-state index contributed by atoms with van der Waals surface area (Å²) < 4.78 is 8.80. The Morgan fingerprint density at radius 2 is 1.59 bits per heavy atom. The molecule has 0 unspecified atom stereocenters. The molecule has 5 N–H and O–H groups in total. The van der Waals surface area contributed by atoms with Crippen LogP contribution in [0.1, 0.15) is 21.8 Å². The van der Waals surface area contributed by atoms with E-state index >= 15 is 0 Å². The second kappa shape index (κ2) is 31.3. The number of likely N-dealkylation sites (N-methyl/N-ethyl adjacent to an activating group) is 1. The van der Waals surface area contributed by atoms with Gasteiger partial charge in [-0.1, -0.05) is 14.9 Å². The largest absolute Gasteiger partial charge is 0.465 e. The summed E-state index contributed by atoms with van der Waals surface area (Å²) in [5.41, 5.74) is 9.50. The molecular weight excluding hydrogens is 290 g/mol. The van der Waals surface area contributed by atoms with E-state index in [2.05, 4.69) is 20.5 Å². The SMILES string of the molecule is C.C.CCOC(=O)CNC.N#CCN.N#CCOC(=O)CN. The molecule has 0 aromatic carbocycles. The summed E-state index contributed by atoms with van der Waals surface area (Å²) in [4.78, 5) is 20.4. The van der Waals surface area contributed by atoms with Crippen molar-refractivity contribution in [1.82, 2.24) is 5.32 Å². The highest BCUT2D eigenvalue weighted by atomic mass is 16.5. The Bertz CT molecular complexity index is 315. The lowest BCUT2D eigenvalue weighted by atomic mass is 10.6. The van der Waals surface area contributed by atoms with Gasteiger partial charge in [0.05, 0.1) is 32.3 Å². The van der Waals surface area contributed by atoms with Crippen LogP contribution in [-0.4, -0.2) is 51.8 Å². The number of rotatable bonds is 5. The number of nitriles is 2. The zero-order valence-corrected chi connectivity index (χ0v) is 11.7. The molecule has 9 nitrogen and oxygen atoms in total. The van der Waals surface area contributed by atoms with Crippen LogP contribution in [0.4, 0.5) is 0 Å². The lowest BCUT2D eigenvalue weighted by Gasteiger charge is -1.97. The van der Waals surface area contributed by atoms with Gasteiger partial charge in [0.2, 0.25) is 0 Å². The van der Waals surface area contributed by atoms with Gasteiger partial charge < -0.3 is 26.3 Å². The summed E-state index contributed by atoms with van der Waals surface area (Å²) in [6, 6.07) is 3.34. The third kappa shape index (κ3) is 43.1. The molecule has 0 bridgehead atoms. The maximum atomic E-state index is 10.4. The summed E-state index contributed by atoms with van der Waals surface area (Å²) >= 11 is 0. The molecule has 0 radical (unpaired) electrons. The van der Waals surface area contributed by atoms with E-state index in [9.17, 15) is 9.59 Å². The minimum atomic E-state index is -0.549. The first-order chi connectivity index (χ1) is 9.53. The average molecular weight is 319 g/mol. The predicted octanol–water partition coefficient (Wildman–Crippen LogP) is -0.478. The van der Waals surface area contributed by atoms with Crippen LogP contribution >= 0.6 is 0 Å². The van der Waals surface area contributed by atoms with E-state index < -0.39 is 5.97 Å². The summed E-state index contributed by atoms with van der Waals surface area (Å²) in [7, 11) is 1.71. The Kier molecular flexibility index (Phi) is 45.4. The van der Waals surface area contributed by atoms with Gasteiger partial charge in [-0.2, -0.15) is 10.5 Å². The Morgan fingerprint density at radius 1 is 1.09 bits per heavy atom. The van der Waals surface area contributed by atoms with Gasteiger partial charge >= 0.3 is 11.9 Å². The maximum absolute atomic E-state index is 10.4. The smallest absolute Gasteiger partial charge is 0.320 e. The molecule has 130 valence electrons. The molecule has 0 heterocycles. The number of nitrogens with one attached hydrogen (secondary N) is 1. The van der Waals surface area contributed by atoms with Gasteiger partial charge in [0, 0.05) is 0 Å². The van der Waals surface area contributed by atoms with E-state index in [-0.39, 0.29) is 40.5 Å². The van der Waals surface area contributed by atoms with Gasteiger partial charge in [-0.15, -0.1) is 0 Å². The first kappa shape index (κ1) is 31.9. The van der Waals surface area contributed by atoms with Crippen molar-refractivity contribution in [2.24, 2.45) is 11.5 Å². The first-order valence-corrected chi connectivity index (χ1v) is 5.63. The fraction of sp³-hybridized carbons (Fsp3) is 0.692. The van der Waals surface area contributed by atoms with Crippen molar-refractivity contribution in [2.75, 3.05) is 39.9 Å². The van der Waals surface area contributed by atoms with Crippen molar-refractivity contribution in [3.8, 4) is 12.1 Å². The third-order valence-corrected chi connectivity index (χ3v) is 1.18. The number of nitrogens with zero attached hydrogens (tertiary/aromatic N) is 2. The van der Waals surface area contributed by atoms with Gasteiger partial charge in [0.1, 0.15) is 6.07 Å². The van der Waals surface area contributed by atoms with Crippen molar-refractivity contribution >= 4 is 11.9 Å². The molecule has 9 heteroatoms. The van der Waals surface area contributed by atoms with Crippen LogP contribution in [0.3, 0.4) is 0 Å². The van der Waals surface area contributed by atoms with Gasteiger partial charge in [-0.3, -0.25) is 9.59 Å². The Hall–Kier alpha value is -2.20. The van der Waals surface area contributed by atoms with Crippen LogP contribution in [-0.2, 0) is 19.1 Å². The fourth-order valence-electron chi connectivity index (χ4n) is 0.528. The van der Waals surface area contributed by atoms with E-state index in [1.807, 2.05) is 0 Å². The van der Waals surface area contributed by atoms with Gasteiger partial charge in [0.25, 0.3) is 0 Å². The molecule has 0 saturated carbocycles. The van der Waals surface area contributed by atoms with Crippen LogP contribution in [0.15, 0.2) is 0 Å². The van der Waals surface area contributed by atoms with E-state index in [0.717, 1.165) is 0 Å². The molecule has 0 rings (SSSR count). The quantitative estimate of drug-likeness (QED) is 0.448. The van der Waals surface area contributed by atoms with Crippen molar-refractivity contribution < 1.29 is 19.1 Å². The van der Waals surface area contributed by atoms with Crippen LogP contribution in [0, 0.1) is 22.7 Å². The average Bonchev–Trinajstić information content (AvgIpc) is 2.46. The molecule has 0 spiro atoms. The van der Waals surface area contributed by atoms with E-state index in [1.165, 1.54) is 0 Å². The topological polar surface area (TPSA) is 164 Å². The van der Waals surface area contributed by atoms with E-state index in [4.69, 9.17) is 16.3 Å². The minimum Gasteiger partial charge on any atom is -0.465 e. The number of hydrogen-bond acceptors (Lipinski definition) is 9. The standard InChI is InChI=1S/C5H11NO2.C4H6N2O2.C2H4N2.2CH4/c1-3-8-5(7)4-6-2;5-1-2-8-4(7)3-6;3-1-2-4;;/h6H,3-4H2,1-2H3;2-3,6H2;1,3H2;2*1H4. The molecule has 0 aromatic heterocycles. The summed E-state index contributed by atoms with van der Waals surface area (Å²) in [5.74, 6) is -0.749. The number of esters is 2. The van der Waals surface area contributed by atoms with E-state index in [1.54, 1.807) is 26.1 Å². The highest BCUT2D eigenvalue weighted by Crippen LogP contribution is 1.72. The second-order valence-electron chi connectivity index (χ2n) is 2.72. The maximum Gasteiger partial charge on any atom is 0.320 e. The Balaban J connectivity index is -0.0000000661. The molecule has 0 aromatic rings.